The molecule has 90 valence electrons. The predicted molar refractivity (Wildman–Crippen MR) is 65.1 cm³/mol. The van der Waals surface area contributed by atoms with Crippen LogP contribution in [-0.4, -0.2) is 25.3 Å². The van der Waals surface area contributed by atoms with Crippen molar-refractivity contribution in [2.24, 2.45) is 5.92 Å². The minimum absolute atomic E-state index is 0.356. The van der Waals surface area contributed by atoms with Crippen LogP contribution in [0.5, 0.6) is 0 Å². The van der Waals surface area contributed by atoms with E-state index in [4.69, 9.17) is 4.74 Å². The molecule has 0 spiro atoms. The summed E-state index contributed by atoms with van der Waals surface area (Å²) >= 11 is 0. The van der Waals surface area contributed by atoms with E-state index in [-0.39, 0.29) is 0 Å². The molecule has 2 heteroatoms. The lowest BCUT2D eigenvalue weighted by Gasteiger charge is -2.24. The molecule has 1 aliphatic rings. The summed E-state index contributed by atoms with van der Waals surface area (Å²) in [5.41, 5.74) is 0. The summed E-state index contributed by atoms with van der Waals surface area (Å²) in [6, 6.07) is 0.561. The highest BCUT2D eigenvalue weighted by Crippen LogP contribution is 2.23. The van der Waals surface area contributed by atoms with Gasteiger partial charge < -0.3 is 10.1 Å². The molecule has 0 saturated heterocycles. The molecule has 1 atom stereocenters. The zero-order valence-corrected chi connectivity index (χ0v) is 10.6. The van der Waals surface area contributed by atoms with Gasteiger partial charge in [0.25, 0.3) is 0 Å². The number of ether oxygens (including phenoxy) is 1. The maximum Gasteiger partial charge on any atom is 0.0671 e. The Labute approximate surface area is 94.8 Å². The second-order valence-corrected chi connectivity index (χ2v) is 5.21. The van der Waals surface area contributed by atoms with E-state index in [9.17, 15) is 0 Å². The lowest BCUT2D eigenvalue weighted by Crippen LogP contribution is -2.33. The van der Waals surface area contributed by atoms with Crippen molar-refractivity contribution in [1.29, 1.82) is 0 Å². The molecule has 0 aliphatic heterocycles. The Morgan fingerprint density at radius 3 is 2.40 bits per heavy atom. The van der Waals surface area contributed by atoms with Crippen LogP contribution < -0.4 is 5.32 Å². The Morgan fingerprint density at radius 1 is 1.13 bits per heavy atom. The van der Waals surface area contributed by atoms with Crippen molar-refractivity contribution in [3.8, 4) is 0 Å². The Kier molecular flexibility index (Phi) is 6.26. The Balaban J connectivity index is 2.02. The predicted octanol–water partition coefficient (Wildman–Crippen LogP) is 2.97. The van der Waals surface area contributed by atoms with Crippen LogP contribution in [0.4, 0.5) is 0 Å². The van der Waals surface area contributed by atoms with Crippen LogP contribution in [0.3, 0.4) is 0 Å². The molecule has 0 aromatic heterocycles. The zero-order valence-electron chi connectivity index (χ0n) is 10.6. The zero-order chi connectivity index (χ0) is 11.1. The summed E-state index contributed by atoms with van der Waals surface area (Å²) in [5, 5.41) is 3.41. The van der Waals surface area contributed by atoms with Gasteiger partial charge in [-0.1, -0.05) is 33.1 Å². The van der Waals surface area contributed by atoms with Gasteiger partial charge in [0.1, 0.15) is 0 Å². The molecule has 0 heterocycles. The smallest absolute Gasteiger partial charge is 0.0671 e. The van der Waals surface area contributed by atoms with Gasteiger partial charge in [0.2, 0.25) is 0 Å². The van der Waals surface area contributed by atoms with E-state index < -0.39 is 0 Å². The molecular weight excluding hydrogens is 186 g/mol. The molecule has 1 unspecified atom stereocenters. The average molecular weight is 213 g/mol. The Bertz CT molecular complexity index is 153. The highest BCUT2D eigenvalue weighted by Gasteiger charge is 2.14. The maximum atomic E-state index is 5.87. The highest BCUT2D eigenvalue weighted by atomic mass is 16.5. The largest absolute Gasteiger partial charge is 0.377 e. The Morgan fingerprint density at radius 2 is 1.80 bits per heavy atom. The van der Waals surface area contributed by atoms with Gasteiger partial charge in [-0.3, -0.25) is 0 Å². The van der Waals surface area contributed by atoms with Crippen LogP contribution in [0.1, 0.15) is 52.9 Å². The first-order chi connectivity index (χ1) is 7.18. The summed E-state index contributed by atoms with van der Waals surface area (Å²) in [5.74, 6) is 0.834. The second kappa shape index (κ2) is 7.24. The van der Waals surface area contributed by atoms with E-state index in [0.29, 0.717) is 12.1 Å². The standard InChI is InChI=1S/C13H27NO/c1-11(2)14-9-12(3)15-10-13-7-5-4-6-8-13/h11-14H,4-10H2,1-3H3. The number of nitrogens with one attached hydrogen (secondary N) is 1. The lowest BCUT2D eigenvalue weighted by atomic mass is 9.90. The van der Waals surface area contributed by atoms with Crippen molar-refractivity contribution >= 4 is 0 Å². The van der Waals surface area contributed by atoms with Crippen LogP contribution in [0.15, 0.2) is 0 Å². The average Bonchev–Trinajstić information content (AvgIpc) is 2.25. The van der Waals surface area contributed by atoms with Gasteiger partial charge in [-0.15, -0.1) is 0 Å². The number of hydrogen-bond acceptors (Lipinski definition) is 2. The molecule has 2 nitrogen and oxygen atoms in total. The fraction of sp³-hybridized carbons (Fsp3) is 1.00. The van der Waals surface area contributed by atoms with Crippen molar-refractivity contribution in [3.05, 3.63) is 0 Å². The summed E-state index contributed by atoms with van der Waals surface area (Å²) in [6.07, 6.45) is 7.36. The molecule has 0 aromatic rings. The second-order valence-electron chi connectivity index (χ2n) is 5.21. The third-order valence-electron chi connectivity index (χ3n) is 3.15. The van der Waals surface area contributed by atoms with E-state index in [0.717, 1.165) is 19.1 Å². The van der Waals surface area contributed by atoms with Crippen LogP contribution in [0, 0.1) is 5.92 Å². The van der Waals surface area contributed by atoms with E-state index in [1.165, 1.54) is 32.1 Å². The first-order valence-electron chi connectivity index (χ1n) is 6.53. The van der Waals surface area contributed by atoms with Crippen molar-refractivity contribution < 1.29 is 4.74 Å². The lowest BCUT2D eigenvalue weighted by molar-refractivity contribution is 0.0305. The molecular formula is C13H27NO. The summed E-state index contributed by atoms with van der Waals surface area (Å²) in [4.78, 5) is 0. The maximum absolute atomic E-state index is 5.87. The number of hydrogen-bond donors (Lipinski definition) is 1. The summed E-state index contributed by atoms with van der Waals surface area (Å²) in [7, 11) is 0. The minimum atomic E-state index is 0.356. The fourth-order valence-corrected chi connectivity index (χ4v) is 2.11. The molecule has 0 bridgehead atoms. The molecule has 0 radical (unpaired) electrons. The van der Waals surface area contributed by atoms with Gasteiger partial charge >= 0.3 is 0 Å². The van der Waals surface area contributed by atoms with Gasteiger partial charge in [0.05, 0.1) is 6.10 Å². The Hall–Kier alpha value is -0.0800. The fourth-order valence-electron chi connectivity index (χ4n) is 2.11. The molecule has 1 N–H and O–H groups in total. The molecule has 1 rings (SSSR count). The topological polar surface area (TPSA) is 21.3 Å². The van der Waals surface area contributed by atoms with Gasteiger partial charge in [0, 0.05) is 19.2 Å². The monoisotopic (exact) mass is 213 g/mol. The molecule has 15 heavy (non-hydrogen) atoms. The number of rotatable bonds is 6. The van der Waals surface area contributed by atoms with E-state index in [1.807, 2.05) is 0 Å². The third kappa shape index (κ3) is 6.16. The minimum Gasteiger partial charge on any atom is -0.377 e. The normalized spacial score (nSPS) is 20.8. The summed E-state index contributed by atoms with van der Waals surface area (Å²) in [6.45, 7) is 8.46. The van der Waals surface area contributed by atoms with Crippen molar-refractivity contribution in [2.75, 3.05) is 13.2 Å². The van der Waals surface area contributed by atoms with Crippen LogP contribution >= 0.6 is 0 Å². The quantitative estimate of drug-likeness (QED) is 0.732. The third-order valence-corrected chi connectivity index (χ3v) is 3.15. The SMILES string of the molecule is CC(C)NCC(C)OCC1CCCCC1. The van der Waals surface area contributed by atoms with Gasteiger partial charge in [0.15, 0.2) is 0 Å². The molecule has 0 amide bonds. The van der Waals surface area contributed by atoms with E-state index in [2.05, 4.69) is 26.1 Å². The van der Waals surface area contributed by atoms with Gasteiger partial charge in [-0.25, -0.2) is 0 Å². The van der Waals surface area contributed by atoms with Crippen LogP contribution in [-0.2, 0) is 4.74 Å². The molecule has 1 aliphatic carbocycles. The van der Waals surface area contributed by atoms with Gasteiger partial charge in [-0.2, -0.15) is 0 Å². The van der Waals surface area contributed by atoms with Crippen molar-refractivity contribution in [3.63, 3.8) is 0 Å². The molecule has 1 saturated carbocycles. The van der Waals surface area contributed by atoms with Crippen molar-refractivity contribution in [2.45, 2.75) is 65.0 Å². The van der Waals surface area contributed by atoms with Gasteiger partial charge in [-0.05, 0) is 25.7 Å². The highest BCUT2D eigenvalue weighted by molar-refractivity contribution is 4.66. The summed E-state index contributed by atoms with van der Waals surface area (Å²) < 4.78 is 5.87. The molecule has 0 aromatic carbocycles. The van der Waals surface area contributed by atoms with Crippen LogP contribution in [0.25, 0.3) is 0 Å². The molecule has 1 fully saturated rings. The van der Waals surface area contributed by atoms with Crippen molar-refractivity contribution in [1.82, 2.24) is 5.32 Å². The van der Waals surface area contributed by atoms with E-state index in [1.54, 1.807) is 0 Å². The first-order valence-corrected chi connectivity index (χ1v) is 6.53. The van der Waals surface area contributed by atoms with E-state index >= 15 is 0 Å². The van der Waals surface area contributed by atoms with Crippen LogP contribution in [0.2, 0.25) is 0 Å². The first kappa shape index (κ1) is 13.0.